The molecule has 0 rings (SSSR count). The van der Waals surface area contributed by atoms with Gasteiger partial charge in [0.05, 0.1) is 34.4 Å². The van der Waals surface area contributed by atoms with Gasteiger partial charge in [-0.15, -0.1) is 0 Å². The molecule has 1 N–H and O–H groups in total. The van der Waals surface area contributed by atoms with Crippen molar-refractivity contribution in [2.45, 2.75) is 174 Å². The lowest BCUT2D eigenvalue weighted by Gasteiger charge is -2.24. The van der Waals surface area contributed by atoms with Crippen molar-refractivity contribution in [2.75, 3.05) is 54.1 Å². The van der Waals surface area contributed by atoms with Crippen LogP contribution in [-0.2, 0) is 27.9 Å². The average Bonchev–Trinajstić information content (AvgIpc) is 3.13. The number of phosphoric acid groups is 1. The fourth-order valence-corrected chi connectivity index (χ4v) is 6.40. The molecule has 0 bridgehead atoms. The molecule has 0 spiro atoms. The van der Waals surface area contributed by atoms with Crippen LogP contribution < -0.4 is 0 Å². The molecule has 0 saturated heterocycles. The molecular weight excluding hydrogens is 709 g/mol. The molecule has 0 amide bonds. The van der Waals surface area contributed by atoms with E-state index in [0.29, 0.717) is 24.1 Å². The molecule has 0 heterocycles. The first-order chi connectivity index (χ1) is 26.6. The lowest BCUT2D eigenvalue weighted by molar-refractivity contribution is -0.870. The molecule has 8 nitrogen and oxygen atoms in total. The summed E-state index contributed by atoms with van der Waals surface area (Å²) in [4.78, 5) is 22.9. The number of esters is 1. The number of unbranched alkanes of at least 4 members (excludes halogenated alkanes) is 16. The number of carbonyl (C=O) groups is 1. The molecule has 55 heavy (non-hydrogen) atoms. The third kappa shape index (κ3) is 43.2. The Morgan fingerprint density at radius 3 is 1.58 bits per heavy atom. The number of hydrogen-bond donors (Lipinski definition) is 1. The van der Waals surface area contributed by atoms with Crippen LogP contribution in [0.2, 0.25) is 0 Å². The molecular formula is C46H85NO7P+. The Bertz CT molecular complexity index is 1060. The summed E-state index contributed by atoms with van der Waals surface area (Å²) in [5.74, 6) is -0.333. The zero-order valence-electron chi connectivity index (χ0n) is 36.1. The van der Waals surface area contributed by atoms with Gasteiger partial charge in [0.1, 0.15) is 19.3 Å². The molecule has 0 aromatic heterocycles. The maximum atomic E-state index is 12.7. The van der Waals surface area contributed by atoms with Gasteiger partial charge in [-0.25, -0.2) is 4.57 Å². The lowest BCUT2D eigenvalue weighted by atomic mass is 10.1. The molecule has 2 unspecified atom stereocenters. The van der Waals surface area contributed by atoms with E-state index in [0.717, 1.165) is 83.5 Å². The summed E-state index contributed by atoms with van der Waals surface area (Å²) in [6, 6.07) is 0. The topological polar surface area (TPSA) is 91.3 Å². The number of ether oxygens (including phenoxy) is 2. The predicted octanol–water partition coefficient (Wildman–Crippen LogP) is 12.9. The highest BCUT2D eigenvalue weighted by molar-refractivity contribution is 7.47. The molecule has 0 aliphatic carbocycles. The van der Waals surface area contributed by atoms with Crippen molar-refractivity contribution in [3.05, 3.63) is 60.8 Å². The Kier molecular flexibility index (Phi) is 37.8. The van der Waals surface area contributed by atoms with Gasteiger partial charge in [-0.2, -0.15) is 0 Å². The van der Waals surface area contributed by atoms with E-state index in [1.165, 1.54) is 64.2 Å². The highest BCUT2D eigenvalue weighted by Crippen LogP contribution is 2.43. The van der Waals surface area contributed by atoms with Gasteiger partial charge in [0, 0.05) is 13.0 Å². The van der Waals surface area contributed by atoms with E-state index in [2.05, 4.69) is 74.6 Å². The Labute approximate surface area is 339 Å². The second-order valence-corrected chi connectivity index (χ2v) is 17.1. The molecule has 2 atom stereocenters. The Balaban J connectivity index is 4.27. The number of likely N-dealkylation sites (N-methyl/N-ethyl adjacent to an activating group) is 1. The number of carbonyl (C=O) groups excluding carboxylic acids is 1. The summed E-state index contributed by atoms with van der Waals surface area (Å²) in [5, 5.41) is 0. The minimum Gasteiger partial charge on any atom is -0.457 e. The van der Waals surface area contributed by atoms with Gasteiger partial charge in [-0.3, -0.25) is 13.8 Å². The van der Waals surface area contributed by atoms with Crippen LogP contribution in [0.25, 0.3) is 0 Å². The van der Waals surface area contributed by atoms with Crippen molar-refractivity contribution in [1.29, 1.82) is 0 Å². The van der Waals surface area contributed by atoms with Crippen LogP contribution in [0.1, 0.15) is 168 Å². The number of nitrogens with zero attached hydrogens (tertiary/aromatic N) is 1. The van der Waals surface area contributed by atoms with Crippen LogP contribution in [0.4, 0.5) is 0 Å². The van der Waals surface area contributed by atoms with E-state index in [1.54, 1.807) is 0 Å². The fourth-order valence-electron chi connectivity index (χ4n) is 5.65. The molecule has 0 aliphatic heterocycles. The fraction of sp³-hybridized carbons (Fsp3) is 0.761. The Hall–Kier alpha value is -1.80. The first kappa shape index (κ1) is 53.2. The standard InChI is InChI=1S/C46H84NO7P/c1-6-8-10-12-14-16-18-20-22-23-24-26-28-30-32-34-36-38-41-51-43-45(44-53-55(49,50)52-42-40-47(3,4)5)54-46(48)39-37-35-33-31-29-27-25-21-19-17-15-13-11-9-7-2/h8,10,14-17,20-22,25,45H,6-7,9,11-13,18-19,23-24,26-44H2,1-5H3/p+1/b10-8-,16-14-,17-15-,22-20-,25-21-. The van der Waals surface area contributed by atoms with Crippen molar-refractivity contribution in [3.8, 4) is 0 Å². The van der Waals surface area contributed by atoms with Gasteiger partial charge in [-0.1, -0.05) is 145 Å². The average molecular weight is 795 g/mol. The van der Waals surface area contributed by atoms with Gasteiger partial charge < -0.3 is 18.9 Å². The third-order valence-electron chi connectivity index (χ3n) is 9.06. The van der Waals surface area contributed by atoms with E-state index >= 15 is 0 Å². The molecule has 0 radical (unpaired) electrons. The van der Waals surface area contributed by atoms with Crippen LogP contribution in [0.3, 0.4) is 0 Å². The van der Waals surface area contributed by atoms with Crippen molar-refractivity contribution in [3.63, 3.8) is 0 Å². The number of quaternary nitrogens is 1. The van der Waals surface area contributed by atoms with Crippen LogP contribution >= 0.6 is 7.82 Å². The number of phosphoric ester groups is 1. The van der Waals surface area contributed by atoms with Crippen molar-refractivity contribution >= 4 is 13.8 Å². The zero-order valence-corrected chi connectivity index (χ0v) is 37.0. The highest BCUT2D eigenvalue weighted by Gasteiger charge is 2.26. The Morgan fingerprint density at radius 2 is 1.05 bits per heavy atom. The highest BCUT2D eigenvalue weighted by atomic mass is 31.2. The Morgan fingerprint density at radius 1 is 0.582 bits per heavy atom. The van der Waals surface area contributed by atoms with Crippen LogP contribution in [0.5, 0.6) is 0 Å². The predicted molar refractivity (Wildman–Crippen MR) is 233 cm³/mol. The molecule has 0 fully saturated rings. The van der Waals surface area contributed by atoms with Crippen molar-refractivity contribution < 1.29 is 37.3 Å². The monoisotopic (exact) mass is 795 g/mol. The molecule has 0 aliphatic rings. The van der Waals surface area contributed by atoms with Crippen LogP contribution in [0.15, 0.2) is 60.8 Å². The smallest absolute Gasteiger partial charge is 0.457 e. The van der Waals surface area contributed by atoms with Crippen LogP contribution in [-0.4, -0.2) is 75.6 Å². The lowest BCUT2D eigenvalue weighted by Crippen LogP contribution is -2.37. The summed E-state index contributed by atoms with van der Waals surface area (Å²) < 4.78 is 35.0. The quantitative estimate of drug-likeness (QED) is 0.0217. The van der Waals surface area contributed by atoms with E-state index in [1.807, 2.05) is 21.1 Å². The summed E-state index contributed by atoms with van der Waals surface area (Å²) in [7, 11) is 1.64. The molecule has 0 aromatic rings. The van der Waals surface area contributed by atoms with E-state index in [9.17, 15) is 14.3 Å². The SMILES string of the molecule is CC/C=C\C/C=C\C/C=C\CCCCCCCCCCOCC(COP(=O)(O)OCC[N+](C)(C)C)OC(=O)CCCCCCC/C=C\C/C=C\CCCCC. The van der Waals surface area contributed by atoms with E-state index < -0.39 is 13.9 Å². The zero-order chi connectivity index (χ0) is 40.6. The van der Waals surface area contributed by atoms with Gasteiger partial charge >= 0.3 is 13.8 Å². The van der Waals surface area contributed by atoms with Crippen LogP contribution in [0, 0.1) is 0 Å². The van der Waals surface area contributed by atoms with Gasteiger partial charge in [0.15, 0.2) is 0 Å². The number of hydrogen-bond acceptors (Lipinski definition) is 6. The normalized spacial score (nSPS) is 14.4. The maximum Gasteiger partial charge on any atom is 0.472 e. The second-order valence-electron chi connectivity index (χ2n) is 15.7. The second kappa shape index (κ2) is 39.0. The molecule has 0 aromatic carbocycles. The van der Waals surface area contributed by atoms with Crippen molar-refractivity contribution in [2.24, 2.45) is 0 Å². The minimum atomic E-state index is -4.28. The minimum absolute atomic E-state index is 0.0816. The first-order valence-corrected chi connectivity index (χ1v) is 23.5. The maximum absolute atomic E-state index is 12.7. The molecule has 9 heteroatoms. The summed E-state index contributed by atoms with van der Waals surface area (Å²) >= 11 is 0. The third-order valence-corrected chi connectivity index (χ3v) is 10.0. The van der Waals surface area contributed by atoms with Crippen molar-refractivity contribution in [1.82, 2.24) is 0 Å². The largest absolute Gasteiger partial charge is 0.472 e. The number of allylic oxidation sites excluding steroid dienone is 10. The van der Waals surface area contributed by atoms with E-state index in [-0.39, 0.29) is 25.8 Å². The van der Waals surface area contributed by atoms with Gasteiger partial charge in [-0.05, 0) is 77.0 Å². The van der Waals surface area contributed by atoms with Gasteiger partial charge in [0.25, 0.3) is 0 Å². The first-order valence-electron chi connectivity index (χ1n) is 22.0. The molecule has 0 saturated carbocycles. The van der Waals surface area contributed by atoms with E-state index in [4.69, 9.17) is 18.5 Å². The summed E-state index contributed by atoms with van der Waals surface area (Å²) in [6.07, 6.45) is 48.2. The summed E-state index contributed by atoms with van der Waals surface area (Å²) in [5.41, 5.74) is 0. The summed E-state index contributed by atoms with van der Waals surface area (Å²) in [6.45, 7) is 5.44. The van der Waals surface area contributed by atoms with Gasteiger partial charge in [0.2, 0.25) is 0 Å². The molecule has 320 valence electrons. The number of rotatable bonds is 40.